The Morgan fingerprint density at radius 3 is 2.84 bits per heavy atom. The van der Waals surface area contributed by atoms with Gasteiger partial charge < -0.3 is 27.1 Å². The van der Waals surface area contributed by atoms with Crippen LogP contribution in [0.4, 0.5) is 5.13 Å². The first kappa shape index (κ1) is 26.8. The maximum Gasteiger partial charge on any atom is 0.353 e. The molecule has 12 nitrogen and oxygen atoms in total. The first-order valence-corrected chi connectivity index (χ1v) is 13.5. The first-order valence-electron chi connectivity index (χ1n) is 10.4. The van der Waals surface area contributed by atoms with Crippen molar-refractivity contribution < 1.29 is 24.7 Å². The SMILES string of the molecule is NCC#CCc1cnccc1SC1=C(C(=O)O)N2C(=O)[C@@H](NC(=O)/C(=N\O)c3nc(N)sc3Cl)[C@@H]2SC1. The highest BCUT2D eigenvalue weighted by Crippen LogP contribution is 2.45. The number of thioether (sulfide) groups is 2. The largest absolute Gasteiger partial charge is 0.477 e. The molecule has 192 valence electrons. The molecule has 2 aliphatic rings. The molecule has 2 aromatic heterocycles. The third kappa shape index (κ3) is 5.38. The number of carbonyl (C=O) groups excluding carboxylic acids is 2. The van der Waals surface area contributed by atoms with Crippen molar-refractivity contribution in [2.45, 2.75) is 22.7 Å². The number of halogens is 1. The number of nitrogens with one attached hydrogen (secondary N) is 1. The average molecular weight is 580 g/mol. The summed E-state index contributed by atoms with van der Waals surface area (Å²) in [5.74, 6) is 3.19. The van der Waals surface area contributed by atoms with Crippen molar-refractivity contribution in [3.8, 4) is 11.8 Å². The number of hydrogen-bond donors (Lipinski definition) is 5. The van der Waals surface area contributed by atoms with Crippen LogP contribution in [0, 0.1) is 11.8 Å². The van der Waals surface area contributed by atoms with Gasteiger partial charge >= 0.3 is 5.97 Å². The summed E-state index contributed by atoms with van der Waals surface area (Å²) in [6.45, 7) is 0.223. The van der Waals surface area contributed by atoms with Crippen LogP contribution >= 0.6 is 46.5 Å². The summed E-state index contributed by atoms with van der Waals surface area (Å²) in [4.78, 5) is 48.3. The van der Waals surface area contributed by atoms with E-state index >= 15 is 0 Å². The van der Waals surface area contributed by atoms with E-state index in [2.05, 4.69) is 32.3 Å². The zero-order chi connectivity index (χ0) is 26.7. The van der Waals surface area contributed by atoms with Crippen LogP contribution in [0.1, 0.15) is 11.3 Å². The predicted molar refractivity (Wildman–Crippen MR) is 140 cm³/mol. The molecule has 37 heavy (non-hydrogen) atoms. The molecule has 1 fully saturated rings. The number of aromatic nitrogens is 2. The van der Waals surface area contributed by atoms with Crippen LogP contribution in [0.5, 0.6) is 0 Å². The summed E-state index contributed by atoms with van der Waals surface area (Å²) in [5, 5.41) is 24.1. The van der Waals surface area contributed by atoms with E-state index in [0.29, 0.717) is 11.3 Å². The van der Waals surface area contributed by atoms with Crippen LogP contribution in [-0.4, -0.2) is 72.4 Å². The minimum Gasteiger partial charge on any atom is -0.477 e. The van der Waals surface area contributed by atoms with E-state index in [1.54, 1.807) is 18.5 Å². The van der Waals surface area contributed by atoms with Crippen LogP contribution in [0.3, 0.4) is 0 Å². The van der Waals surface area contributed by atoms with Crippen molar-refractivity contribution in [1.29, 1.82) is 0 Å². The van der Waals surface area contributed by atoms with Crippen molar-refractivity contribution in [3.05, 3.63) is 44.7 Å². The highest BCUT2D eigenvalue weighted by molar-refractivity contribution is 8.06. The van der Waals surface area contributed by atoms with Gasteiger partial charge in [-0.1, -0.05) is 51.7 Å². The second-order valence-electron chi connectivity index (χ2n) is 7.38. The molecule has 0 saturated carbocycles. The van der Waals surface area contributed by atoms with Crippen LogP contribution in [-0.2, 0) is 20.8 Å². The number of hydrogen-bond acceptors (Lipinski definition) is 12. The van der Waals surface area contributed by atoms with Crippen molar-refractivity contribution in [1.82, 2.24) is 20.2 Å². The van der Waals surface area contributed by atoms with Gasteiger partial charge in [-0.15, -0.1) is 11.8 Å². The third-order valence-electron chi connectivity index (χ3n) is 5.16. The van der Waals surface area contributed by atoms with Crippen molar-refractivity contribution in [2.24, 2.45) is 10.9 Å². The number of thiazole rings is 1. The fourth-order valence-corrected chi connectivity index (χ4v) is 7.05. The highest BCUT2D eigenvalue weighted by atomic mass is 35.5. The number of carbonyl (C=O) groups is 3. The Hall–Kier alpha value is -3.29. The molecular formula is C21H18ClN7O5S3. The van der Waals surface area contributed by atoms with Crippen LogP contribution < -0.4 is 16.8 Å². The Labute approximate surface area is 227 Å². The maximum atomic E-state index is 13.0. The average Bonchev–Trinajstić information content (AvgIpc) is 3.20. The number of nitrogens with zero attached hydrogens (tertiary/aromatic N) is 4. The number of aliphatic carboxylic acids is 1. The number of carboxylic acids is 1. The number of oxime groups is 1. The lowest BCUT2D eigenvalue weighted by Gasteiger charge is -2.49. The number of pyridine rings is 1. The molecule has 0 unspecified atom stereocenters. The molecule has 4 rings (SSSR count). The van der Waals surface area contributed by atoms with Gasteiger partial charge in [0.2, 0.25) is 0 Å². The lowest BCUT2D eigenvalue weighted by molar-refractivity contribution is -0.150. The van der Waals surface area contributed by atoms with Gasteiger partial charge in [-0.05, 0) is 11.6 Å². The summed E-state index contributed by atoms with van der Waals surface area (Å²) >= 11 is 9.41. The Morgan fingerprint density at radius 2 is 2.19 bits per heavy atom. The topological polar surface area (TPSA) is 197 Å². The minimum atomic E-state index is -1.27. The monoisotopic (exact) mass is 579 g/mol. The first-order chi connectivity index (χ1) is 17.8. The molecule has 2 amide bonds. The summed E-state index contributed by atoms with van der Waals surface area (Å²) in [6.07, 6.45) is 3.62. The summed E-state index contributed by atoms with van der Waals surface area (Å²) in [7, 11) is 0. The fourth-order valence-electron chi connectivity index (χ4n) is 3.55. The molecule has 0 aliphatic carbocycles. The second kappa shape index (κ2) is 11.4. The third-order valence-corrected chi connectivity index (χ3v) is 8.91. The fraction of sp³-hybridized carbons (Fsp3) is 0.238. The Balaban J connectivity index is 1.54. The van der Waals surface area contributed by atoms with Gasteiger partial charge in [0.05, 0.1) is 6.54 Å². The molecule has 0 bridgehead atoms. The number of anilines is 1. The van der Waals surface area contributed by atoms with E-state index < -0.39 is 34.9 Å². The summed E-state index contributed by atoms with van der Waals surface area (Å²) < 4.78 is 0.0382. The predicted octanol–water partition coefficient (Wildman–Crippen LogP) is 0.945. The van der Waals surface area contributed by atoms with Crippen molar-refractivity contribution >= 4 is 75.1 Å². The van der Waals surface area contributed by atoms with E-state index in [-0.39, 0.29) is 33.2 Å². The van der Waals surface area contributed by atoms with Crippen LogP contribution in [0.15, 0.2) is 39.1 Å². The Morgan fingerprint density at radius 1 is 1.41 bits per heavy atom. The van der Waals surface area contributed by atoms with E-state index in [9.17, 15) is 24.7 Å². The Bertz CT molecular complexity index is 1400. The van der Waals surface area contributed by atoms with Gasteiger partial charge in [0, 0.05) is 34.4 Å². The molecule has 0 aromatic carbocycles. The molecule has 1 saturated heterocycles. The van der Waals surface area contributed by atoms with Gasteiger partial charge in [0.1, 0.15) is 27.1 Å². The van der Waals surface area contributed by atoms with Crippen LogP contribution in [0.2, 0.25) is 4.34 Å². The zero-order valence-electron chi connectivity index (χ0n) is 18.7. The molecule has 7 N–H and O–H groups in total. The molecule has 4 heterocycles. The minimum absolute atomic E-state index is 0.0382. The van der Waals surface area contributed by atoms with Gasteiger partial charge in [0.15, 0.2) is 10.8 Å². The van der Waals surface area contributed by atoms with E-state index in [1.807, 2.05) is 0 Å². The number of rotatable bonds is 7. The summed E-state index contributed by atoms with van der Waals surface area (Å²) in [6, 6.07) is 0.702. The van der Waals surface area contributed by atoms with E-state index in [4.69, 9.17) is 23.1 Å². The van der Waals surface area contributed by atoms with Gasteiger partial charge in [-0.3, -0.25) is 19.5 Å². The van der Waals surface area contributed by atoms with Crippen molar-refractivity contribution in [3.63, 3.8) is 0 Å². The lowest BCUT2D eigenvalue weighted by Crippen LogP contribution is -2.71. The smallest absolute Gasteiger partial charge is 0.353 e. The normalized spacial score (nSPS) is 19.0. The van der Waals surface area contributed by atoms with E-state index in [1.165, 1.54) is 23.5 Å². The zero-order valence-corrected chi connectivity index (χ0v) is 21.9. The highest BCUT2D eigenvalue weighted by Gasteiger charge is 2.54. The lowest BCUT2D eigenvalue weighted by atomic mass is 10.0. The number of fused-ring (bicyclic) bond motifs is 1. The number of β-lactam (4-membered cyclic amide) rings is 1. The second-order valence-corrected chi connectivity index (χ2v) is 11.3. The molecule has 2 aliphatic heterocycles. The number of nitrogen functional groups attached to an aromatic ring is 1. The standard InChI is InChI=1S/C21H18ClN7O5S3/c22-16-12(27-21(24)37-16)13(28-34)17(30)26-14-18(31)29-15(20(32)33)11(8-35-19(14)29)36-10-4-6-25-7-9(10)3-1-2-5-23/h4,6-7,14,19,34H,3,5,8,23H2,(H2,24,27)(H,26,30)(H,32,33)/b28-13-/t14-,19+/m1/s1. The van der Waals surface area contributed by atoms with Gasteiger partial charge in [0.25, 0.3) is 11.8 Å². The number of amides is 2. The Kier molecular flexibility index (Phi) is 8.25. The molecule has 16 heteroatoms. The molecule has 2 aromatic rings. The maximum absolute atomic E-state index is 13.0. The number of nitrogens with two attached hydrogens (primary N) is 2. The van der Waals surface area contributed by atoms with Gasteiger partial charge in [-0.2, -0.15) is 0 Å². The molecular weight excluding hydrogens is 562 g/mol. The van der Waals surface area contributed by atoms with Gasteiger partial charge in [-0.25, -0.2) is 9.78 Å². The molecule has 2 atom stereocenters. The van der Waals surface area contributed by atoms with Crippen LogP contribution in [0.25, 0.3) is 0 Å². The molecule has 0 spiro atoms. The quantitative estimate of drug-likeness (QED) is 0.103. The molecule has 0 radical (unpaired) electrons. The van der Waals surface area contributed by atoms with E-state index in [0.717, 1.165) is 26.7 Å². The van der Waals surface area contributed by atoms with Crippen molar-refractivity contribution in [2.75, 3.05) is 18.0 Å². The number of carboxylic acid groups (broad SMARTS) is 1. The summed E-state index contributed by atoms with van der Waals surface area (Å²) in [5.41, 5.74) is 11.0.